The predicted octanol–water partition coefficient (Wildman–Crippen LogP) is 7.59. The van der Waals surface area contributed by atoms with E-state index in [1.807, 2.05) is 16.7 Å². The molecule has 5 rings (SSSR count). The van der Waals surface area contributed by atoms with E-state index >= 15 is 8.78 Å². The van der Waals surface area contributed by atoms with Crippen molar-refractivity contribution >= 4 is 29.3 Å². The number of halogens is 4. The van der Waals surface area contributed by atoms with Gasteiger partial charge in [-0.3, -0.25) is 9.36 Å². The maximum atomic E-state index is 15.1. The van der Waals surface area contributed by atoms with Gasteiger partial charge in [-0.05, 0) is 80.3 Å². The van der Waals surface area contributed by atoms with Crippen LogP contribution in [0.4, 0.5) is 13.2 Å². The Bertz CT molecular complexity index is 1600. The number of thioether (sulfide) groups is 1. The van der Waals surface area contributed by atoms with Gasteiger partial charge in [0, 0.05) is 42.1 Å². The van der Waals surface area contributed by atoms with E-state index in [1.54, 1.807) is 25.3 Å². The molecule has 0 radical (unpaired) electrons. The molecule has 0 fully saturated rings. The minimum atomic E-state index is -0.801. The van der Waals surface area contributed by atoms with Gasteiger partial charge < -0.3 is 9.64 Å². The van der Waals surface area contributed by atoms with Gasteiger partial charge in [-0.1, -0.05) is 29.4 Å². The van der Waals surface area contributed by atoms with Crippen LogP contribution in [0.25, 0.3) is 5.69 Å². The van der Waals surface area contributed by atoms with E-state index in [1.165, 1.54) is 42.9 Å². The molecule has 0 N–H and O–H groups in total. The van der Waals surface area contributed by atoms with Crippen LogP contribution in [0.5, 0.6) is 5.75 Å². The molecule has 0 aliphatic heterocycles. The fourth-order valence-corrected chi connectivity index (χ4v) is 6.62. The Morgan fingerprint density at radius 1 is 1.10 bits per heavy atom. The molecule has 41 heavy (non-hydrogen) atoms. The van der Waals surface area contributed by atoms with Crippen LogP contribution in [0.15, 0.2) is 59.8 Å². The minimum absolute atomic E-state index is 0.0589. The van der Waals surface area contributed by atoms with E-state index in [-0.39, 0.29) is 22.7 Å². The molecule has 214 valence electrons. The second-order valence-electron chi connectivity index (χ2n) is 10.4. The number of carbonyl (C=O) groups excluding carboxylic acids is 1. The zero-order valence-corrected chi connectivity index (χ0v) is 24.7. The number of hydrogen-bond acceptors (Lipinski definition) is 4. The van der Waals surface area contributed by atoms with Gasteiger partial charge >= 0.3 is 0 Å². The number of aromatic nitrogens is 2. The molecule has 1 heterocycles. The van der Waals surface area contributed by atoms with Crippen LogP contribution < -0.4 is 4.74 Å². The Kier molecular flexibility index (Phi) is 8.12. The highest BCUT2D eigenvalue weighted by Gasteiger charge is 2.40. The van der Waals surface area contributed by atoms with E-state index in [2.05, 4.69) is 6.92 Å². The Morgan fingerprint density at radius 3 is 2.41 bits per heavy atom. The quantitative estimate of drug-likeness (QED) is 0.205. The van der Waals surface area contributed by atoms with Crippen molar-refractivity contribution < 1.29 is 22.7 Å². The normalized spacial score (nSPS) is 16.4. The van der Waals surface area contributed by atoms with Crippen LogP contribution in [0, 0.1) is 17.5 Å². The highest BCUT2D eigenvalue weighted by Crippen LogP contribution is 2.46. The van der Waals surface area contributed by atoms with Crippen LogP contribution >= 0.6 is 23.4 Å². The summed E-state index contributed by atoms with van der Waals surface area (Å²) < 4.78 is 51.5. The van der Waals surface area contributed by atoms with Crippen molar-refractivity contribution in [3.8, 4) is 11.4 Å². The van der Waals surface area contributed by atoms with Crippen LogP contribution in [0.3, 0.4) is 0 Å². The van der Waals surface area contributed by atoms with Crippen molar-refractivity contribution in [2.24, 2.45) is 0 Å². The molecule has 4 aromatic rings. The molecule has 0 spiro atoms. The van der Waals surface area contributed by atoms with Gasteiger partial charge in [0.1, 0.15) is 23.2 Å². The predicted molar refractivity (Wildman–Crippen MR) is 155 cm³/mol. The molecule has 1 aliphatic rings. The fourth-order valence-electron chi connectivity index (χ4n) is 5.38. The smallest absolute Gasteiger partial charge is 0.253 e. The number of hydrogen-bond donors (Lipinski definition) is 0. The summed E-state index contributed by atoms with van der Waals surface area (Å²) in [7, 11) is 4.61. The van der Waals surface area contributed by atoms with Gasteiger partial charge in [-0.25, -0.2) is 18.2 Å². The molecule has 0 saturated heterocycles. The van der Waals surface area contributed by atoms with E-state index < -0.39 is 23.0 Å². The monoisotopic (exact) mass is 599 g/mol. The molecule has 1 atom stereocenters. The lowest BCUT2D eigenvalue weighted by molar-refractivity contribution is 0.0826. The van der Waals surface area contributed by atoms with Crippen molar-refractivity contribution in [1.29, 1.82) is 0 Å². The highest BCUT2D eigenvalue weighted by atomic mass is 35.5. The van der Waals surface area contributed by atoms with Gasteiger partial charge in [0.15, 0.2) is 5.16 Å². The second kappa shape index (κ2) is 11.4. The van der Waals surface area contributed by atoms with Crippen LogP contribution in [-0.4, -0.2) is 41.6 Å². The van der Waals surface area contributed by atoms with Gasteiger partial charge in [0.2, 0.25) is 0 Å². The summed E-state index contributed by atoms with van der Waals surface area (Å²) in [6.07, 6.45) is 2.41. The number of amides is 1. The zero-order chi connectivity index (χ0) is 29.5. The maximum absolute atomic E-state index is 15.1. The van der Waals surface area contributed by atoms with E-state index in [4.69, 9.17) is 21.3 Å². The SMILES string of the molecule is COc1cc(C2(C)CCCc3nc(SCc4c(F)cc(C(=O)N(C)C)cc4F)n(-c4ccc(F)cc4)c32)ccc1Cl. The van der Waals surface area contributed by atoms with Gasteiger partial charge in [-0.2, -0.15) is 0 Å². The number of methoxy groups -OCH3 is 1. The van der Waals surface area contributed by atoms with Crippen molar-refractivity contribution in [3.05, 3.63) is 105 Å². The first-order chi connectivity index (χ1) is 19.5. The van der Waals surface area contributed by atoms with Gasteiger partial charge in [0.05, 0.1) is 23.5 Å². The molecule has 0 bridgehead atoms. The number of fused-ring (bicyclic) bond motifs is 1. The summed E-state index contributed by atoms with van der Waals surface area (Å²) in [5.74, 6) is -1.97. The van der Waals surface area contributed by atoms with Crippen molar-refractivity contribution in [1.82, 2.24) is 14.5 Å². The average Bonchev–Trinajstić information content (AvgIpc) is 3.32. The number of aryl methyl sites for hydroxylation is 1. The third-order valence-electron chi connectivity index (χ3n) is 7.54. The lowest BCUT2D eigenvalue weighted by Crippen LogP contribution is -2.31. The Labute approximate surface area is 246 Å². The molecule has 1 aliphatic carbocycles. The van der Waals surface area contributed by atoms with Crippen LogP contribution in [0.1, 0.15) is 52.6 Å². The standard InChI is InChI=1S/C31H29ClF3N3O2S/c1-31(19-7-12-23(32)27(16-19)40-4)13-5-6-26-28(31)38(21-10-8-20(33)9-11-21)30(36-26)41-17-22-24(34)14-18(15-25(22)35)29(39)37(2)3/h7-12,14-16H,5-6,13,17H2,1-4H3. The summed E-state index contributed by atoms with van der Waals surface area (Å²) >= 11 is 7.52. The lowest BCUT2D eigenvalue weighted by Gasteiger charge is -2.36. The molecule has 3 aromatic carbocycles. The molecular formula is C31H29ClF3N3O2S. The summed E-state index contributed by atoms with van der Waals surface area (Å²) in [6, 6.07) is 13.9. The Morgan fingerprint density at radius 2 is 1.78 bits per heavy atom. The molecule has 1 aromatic heterocycles. The first-order valence-electron chi connectivity index (χ1n) is 13.1. The summed E-state index contributed by atoms with van der Waals surface area (Å²) in [5, 5.41) is 1.03. The summed E-state index contributed by atoms with van der Waals surface area (Å²) in [6.45, 7) is 2.13. The molecular weight excluding hydrogens is 571 g/mol. The largest absolute Gasteiger partial charge is 0.495 e. The molecule has 0 saturated carbocycles. The third kappa shape index (κ3) is 5.45. The Balaban J connectivity index is 1.60. The van der Waals surface area contributed by atoms with Crippen molar-refractivity contribution in [2.75, 3.05) is 21.2 Å². The molecule has 5 nitrogen and oxygen atoms in total. The van der Waals surface area contributed by atoms with Crippen LogP contribution in [-0.2, 0) is 17.6 Å². The van der Waals surface area contributed by atoms with E-state index in [0.717, 1.165) is 48.3 Å². The number of benzene rings is 3. The first-order valence-corrected chi connectivity index (χ1v) is 14.4. The van der Waals surface area contributed by atoms with E-state index in [0.29, 0.717) is 21.6 Å². The van der Waals surface area contributed by atoms with Gasteiger partial charge in [0.25, 0.3) is 5.91 Å². The van der Waals surface area contributed by atoms with Crippen molar-refractivity contribution in [3.63, 3.8) is 0 Å². The minimum Gasteiger partial charge on any atom is -0.495 e. The molecule has 1 unspecified atom stereocenters. The van der Waals surface area contributed by atoms with Crippen molar-refractivity contribution in [2.45, 2.75) is 42.5 Å². The number of rotatable bonds is 7. The van der Waals surface area contributed by atoms with Gasteiger partial charge in [-0.15, -0.1) is 0 Å². The number of carbonyl (C=O) groups is 1. The molecule has 10 heteroatoms. The zero-order valence-electron chi connectivity index (χ0n) is 23.1. The Hall–Kier alpha value is -3.43. The van der Waals surface area contributed by atoms with Crippen LogP contribution in [0.2, 0.25) is 5.02 Å². The number of imidazole rings is 1. The number of nitrogens with zero attached hydrogens (tertiary/aromatic N) is 3. The molecule has 1 amide bonds. The summed E-state index contributed by atoms with van der Waals surface area (Å²) in [4.78, 5) is 18.5. The third-order valence-corrected chi connectivity index (χ3v) is 8.82. The first kappa shape index (κ1) is 29.1. The maximum Gasteiger partial charge on any atom is 0.253 e. The highest BCUT2D eigenvalue weighted by molar-refractivity contribution is 7.98. The average molecular weight is 600 g/mol. The lowest BCUT2D eigenvalue weighted by atomic mass is 9.71. The second-order valence-corrected chi connectivity index (χ2v) is 11.8. The van der Waals surface area contributed by atoms with E-state index in [9.17, 15) is 9.18 Å². The number of ether oxygens (including phenoxy) is 1. The fraction of sp³-hybridized carbons (Fsp3) is 0.290. The summed E-state index contributed by atoms with van der Waals surface area (Å²) in [5.41, 5.74) is 2.75. The topological polar surface area (TPSA) is 47.4 Å².